The maximum Gasteiger partial charge on any atom is 0.254 e. The second kappa shape index (κ2) is 8.94. The predicted octanol–water partition coefficient (Wildman–Crippen LogP) is 3.82. The molecule has 33 heavy (non-hydrogen) atoms. The lowest BCUT2D eigenvalue weighted by atomic mass is 9.79. The van der Waals surface area contributed by atoms with Gasteiger partial charge in [-0.15, -0.1) is 0 Å². The fraction of sp³-hybridized carbons (Fsp3) is 0.269. The van der Waals surface area contributed by atoms with E-state index in [0.717, 1.165) is 23.2 Å². The number of carbonyl (C=O) groups is 2. The highest BCUT2D eigenvalue weighted by molar-refractivity contribution is 6.01. The Hall–Kier alpha value is -3.87. The molecule has 2 aliphatic rings. The number of hydrogen-bond donors (Lipinski definition) is 1. The van der Waals surface area contributed by atoms with Gasteiger partial charge in [0.25, 0.3) is 5.91 Å². The fourth-order valence-corrected chi connectivity index (χ4v) is 4.62. The van der Waals surface area contributed by atoms with Gasteiger partial charge in [-0.05, 0) is 47.9 Å². The number of rotatable bonds is 6. The van der Waals surface area contributed by atoms with Gasteiger partial charge in [0.2, 0.25) is 12.7 Å². The highest BCUT2D eigenvalue weighted by Gasteiger charge is 2.44. The third kappa shape index (κ3) is 3.91. The average Bonchev–Trinajstić information content (AvgIpc) is 3.33. The van der Waals surface area contributed by atoms with Gasteiger partial charge in [-0.3, -0.25) is 14.6 Å². The topological polar surface area (TPSA) is 80.8 Å². The van der Waals surface area contributed by atoms with Gasteiger partial charge >= 0.3 is 0 Å². The number of carbonyl (C=O) groups excluding carboxylic acids is 2. The number of ether oxygens (including phenoxy) is 2. The summed E-state index contributed by atoms with van der Waals surface area (Å²) in [5, 5.41) is 3.04. The van der Waals surface area contributed by atoms with Crippen molar-refractivity contribution in [1.29, 1.82) is 0 Å². The monoisotopic (exact) mass is 443 g/mol. The van der Waals surface area contributed by atoms with Crippen molar-refractivity contribution in [1.82, 2.24) is 15.2 Å². The highest BCUT2D eigenvalue weighted by atomic mass is 16.7. The van der Waals surface area contributed by atoms with Crippen LogP contribution in [0.3, 0.4) is 0 Å². The number of nitrogens with zero attached hydrogens (tertiary/aromatic N) is 2. The van der Waals surface area contributed by atoms with Crippen LogP contribution in [0.5, 0.6) is 11.5 Å². The van der Waals surface area contributed by atoms with Crippen molar-refractivity contribution >= 4 is 11.8 Å². The van der Waals surface area contributed by atoms with Crippen molar-refractivity contribution in [2.75, 3.05) is 13.3 Å². The number of amides is 2. The Labute approximate surface area is 192 Å². The van der Waals surface area contributed by atoms with Gasteiger partial charge in [0, 0.05) is 18.3 Å². The number of fused-ring (bicyclic) bond motifs is 2. The normalized spacial score (nSPS) is 18.7. The molecule has 7 nitrogen and oxygen atoms in total. The first kappa shape index (κ1) is 21.0. The Morgan fingerprint density at radius 1 is 1.09 bits per heavy atom. The maximum atomic E-state index is 13.7. The number of pyridine rings is 1. The van der Waals surface area contributed by atoms with E-state index in [-0.39, 0.29) is 18.6 Å². The van der Waals surface area contributed by atoms with Crippen molar-refractivity contribution in [3.8, 4) is 11.5 Å². The minimum atomic E-state index is -0.575. The fourth-order valence-electron chi connectivity index (χ4n) is 4.62. The third-order valence-corrected chi connectivity index (χ3v) is 6.09. The van der Waals surface area contributed by atoms with E-state index in [1.54, 1.807) is 12.3 Å². The Balaban J connectivity index is 1.57. The summed E-state index contributed by atoms with van der Waals surface area (Å²) in [5.74, 6) is 0.505. The van der Waals surface area contributed by atoms with Gasteiger partial charge in [0.1, 0.15) is 0 Å². The summed E-state index contributed by atoms with van der Waals surface area (Å²) in [6.45, 7) is 3.04. The summed E-state index contributed by atoms with van der Waals surface area (Å²) in [6, 6.07) is 18.2. The zero-order valence-electron chi connectivity index (χ0n) is 18.4. The van der Waals surface area contributed by atoms with E-state index in [0.29, 0.717) is 30.2 Å². The standard InChI is InChI=1S/C26H25N3O4/c1-2-13-29-24(17-10-11-21-22(14-17)33-16-32-21)23(19-8-3-4-9-20(19)26(29)31)25(30)28-15-18-7-5-6-12-27-18/h3-12,14,23-24H,2,13,15-16H2,1H3,(H,28,30)/t23-,24+/m1/s1. The number of benzene rings is 2. The summed E-state index contributed by atoms with van der Waals surface area (Å²) in [7, 11) is 0. The minimum absolute atomic E-state index is 0.0658. The molecule has 0 saturated carbocycles. The van der Waals surface area contributed by atoms with Crippen LogP contribution >= 0.6 is 0 Å². The van der Waals surface area contributed by atoms with Crippen LogP contribution in [-0.4, -0.2) is 35.0 Å². The SMILES string of the molecule is CCCN1C(=O)c2ccccc2[C@@H](C(=O)NCc2ccccn2)[C@@H]1c1ccc2c(c1)OCO2. The third-order valence-electron chi connectivity index (χ3n) is 6.09. The quantitative estimate of drug-likeness (QED) is 0.627. The van der Waals surface area contributed by atoms with Crippen LogP contribution in [0.15, 0.2) is 66.9 Å². The first-order valence-corrected chi connectivity index (χ1v) is 11.1. The van der Waals surface area contributed by atoms with Crippen LogP contribution in [0.2, 0.25) is 0 Å². The molecule has 0 aliphatic carbocycles. The van der Waals surface area contributed by atoms with Crippen LogP contribution in [0.25, 0.3) is 0 Å². The van der Waals surface area contributed by atoms with Gasteiger partial charge in [-0.1, -0.05) is 37.3 Å². The first-order chi connectivity index (χ1) is 16.2. The molecule has 2 aromatic carbocycles. The molecule has 1 aromatic heterocycles. The van der Waals surface area contributed by atoms with E-state index in [4.69, 9.17) is 9.47 Å². The molecule has 0 saturated heterocycles. The van der Waals surface area contributed by atoms with Gasteiger partial charge in [0.05, 0.1) is 24.2 Å². The van der Waals surface area contributed by atoms with E-state index < -0.39 is 12.0 Å². The van der Waals surface area contributed by atoms with E-state index in [9.17, 15) is 9.59 Å². The summed E-state index contributed by atoms with van der Waals surface area (Å²) in [5.41, 5.74) is 2.92. The van der Waals surface area contributed by atoms with Gasteiger partial charge in [-0.2, -0.15) is 0 Å². The molecular weight excluding hydrogens is 418 g/mol. The summed E-state index contributed by atoms with van der Waals surface area (Å²) >= 11 is 0. The largest absolute Gasteiger partial charge is 0.454 e. The zero-order valence-corrected chi connectivity index (χ0v) is 18.4. The van der Waals surface area contributed by atoms with E-state index in [1.807, 2.05) is 66.4 Å². The Bertz CT molecular complexity index is 1180. The molecule has 7 heteroatoms. The molecule has 2 amide bonds. The zero-order chi connectivity index (χ0) is 22.8. The van der Waals surface area contributed by atoms with Crippen LogP contribution < -0.4 is 14.8 Å². The second-order valence-corrected chi connectivity index (χ2v) is 8.16. The lowest BCUT2D eigenvalue weighted by molar-refractivity contribution is -0.124. The van der Waals surface area contributed by atoms with Crippen molar-refractivity contribution < 1.29 is 19.1 Å². The van der Waals surface area contributed by atoms with Crippen LogP contribution in [0, 0.1) is 0 Å². The highest BCUT2D eigenvalue weighted by Crippen LogP contribution is 2.45. The molecule has 3 heterocycles. The molecular formula is C26H25N3O4. The summed E-state index contributed by atoms with van der Waals surface area (Å²) < 4.78 is 11.1. The number of nitrogens with one attached hydrogen (secondary N) is 1. The smallest absolute Gasteiger partial charge is 0.254 e. The Kier molecular flexibility index (Phi) is 5.69. The van der Waals surface area contributed by atoms with Crippen molar-refractivity contribution in [2.45, 2.75) is 31.8 Å². The number of hydrogen-bond acceptors (Lipinski definition) is 5. The average molecular weight is 444 g/mol. The molecule has 168 valence electrons. The lowest BCUT2D eigenvalue weighted by Crippen LogP contribution is -2.47. The molecule has 0 fully saturated rings. The lowest BCUT2D eigenvalue weighted by Gasteiger charge is -2.41. The molecule has 2 aliphatic heterocycles. The minimum Gasteiger partial charge on any atom is -0.454 e. The van der Waals surface area contributed by atoms with Gasteiger partial charge < -0.3 is 19.7 Å². The summed E-state index contributed by atoms with van der Waals surface area (Å²) in [4.78, 5) is 33.3. The maximum absolute atomic E-state index is 13.7. The van der Waals surface area contributed by atoms with Crippen molar-refractivity contribution in [2.24, 2.45) is 0 Å². The number of aromatic nitrogens is 1. The summed E-state index contributed by atoms with van der Waals surface area (Å²) in [6.07, 6.45) is 2.48. The Morgan fingerprint density at radius 2 is 1.91 bits per heavy atom. The molecule has 0 spiro atoms. The van der Waals surface area contributed by atoms with Gasteiger partial charge in [-0.25, -0.2) is 0 Å². The van der Waals surface area contributed by atoms with Gasteiger partial charge in [0.15, 0.2) is 11.5 Å². The molecule has 2 atom stereocenters. The van der Waals surface area contributed by atoms with E-state index >= 15 is 0 Å². The molecule has 0 radical (unpaired) electrons. The predicted molar refractivity (Wildman–Crippen MR) is 122 cm³/mol. The van der Waals surface area contributed by atoms with E-state index in [2.05, 4.69) is 10.3 Å². The van der Waals surface area contributed by atoms with Crippen LogP contribution in [-0.2, 0) is 11.3 Å². The molecule has 5 rings (SSSR count). The Morgan fingerprint density at radius 3 is 2.73 bits per heavy atom. The molecule has 0 bridgehead atoms. The van der Waals surface area contributed by atoms with Crippen molar-refractivity contribution in [3.63, 3.8) is 0 Å². The second-order valence-electron chi connectivity index (χ2n) is 8.16. The first-order valence-electron chi connectivity index (χ1n) is 11.1. The van der Waals surface area contributed by atoms with Crippen LogP contribution in [0.4, 0.5) is 0 Å². The molecule has 1 N–H and O–H groups in total. The molecule has 3 aromatic rings. The van der Waals surface area contributed by atoms with Crippen LogP contribution in [0.1, 0.15) is 52.5 Å². The molecule has 0 unspecified atom stereocenters. The van der Waals surface area contributed by atoms with E-state index in [1.165, 1.54) is 0 Å². The van der Waals surface area contributed by atoms with Crippen molar-refractivity contribution in [3.05, 3.63) is 89.2 Å².